The summed E-state index contributed by atoms with van der Waals surface area (Å²) in [5, 5.41) is 6.22. The van der Waals surface area contributed by atoms with Crippen LogP contribution in [0.25, 0.3) is 81.8 Å². The van der Waals surface area contributed by atoms with Crippen molar-refractivity contribution >= 4 is 93.6 Å². The van der Waals surface area contributed by atoms with E-state index in [1.807, 2.05) is 11.3 Å². The van der Waals surface area contributed by atoms with Crippen molar-refractivity contribution < 1.29 is 4.42 Å². The fourth-order valence-electron chi connectivity index (χ4n) is 13.9. The zero-order valence-corrected chi connectivity index (χ0v) is 45.9. The molecule has 72 heavy (non-hydrogen) atoms. The number of thiophene rings is 1. The van der Waals surface area contributed by atoms with E-state index in [-0.39, 0.29) is 39.3 Å². The lowest BCUT2D eigenvalue weighted by Gasteiger charge is -2.42. The van der Waals surface area contributed by atoms with Gasteiger partial charge in [-0.25, -0.2) is 0 Å². The molecule has 2 aliphatic heterocycles. The highest BCUT2D eigenvalue weighted by Crippen LogP contribution is 2.59. The number of anilines is 2. The van der Waals surface area contributed by atoms with Gasteiger partial charge < -0.3 is 13.8 Å². The van der Waals surface area contributed by atoms with Gasteiger partial charge in [-0.2, -0.15) is 0 Å². The number of nitrogens with zero attached hydrogens (tertiary/aromatic N) is 2. The fraction of sp³-hybridized carbons (Fsp3) is 0.343. The van der Waals surface area contributed by atoms with Crippen LogP contribution in [0.5, 0.6) is 0 Å². The maximum absolute atomic E-state index is 7.39. The first-order valence-electron chi connectivity index (χ1n) is 26.7. The first-order valence-corrected chi connectivity index (χ1v) is 27.5. The number of furan rings is 1. The van der Waals surface area contributed by atoms with E-state index >= 15 is 0 Å². The number of benzene rings is 7. The van der Waals surface area contributed by atoms with Crippen molar-refractivity contribution in [1.29, 1.82) is 0 Å². The summed E-state index contributed by atoms with van der Waals surface area (Å²) in [5.41, 5.74) is 24.9. The van der Waals surface area contributed by atoms with Crippen molar-refractivity contribution in [2.75, 3.05) is 4.81 Å². The third-order valence-electron chi connectivity index (χ3n) is 18.3. The van der Waals surface area contributed by atoms with E-state index in [4.69, 9.17) is 4.42 Å². The largest absolute Gasteiger partial charge is 0.455 e. The second kappa shape index (κ2) is 13.8. The van der Waals surface area contributed by atoms with E-state index < -0.39 is 0 Å². The molecule has 0 bridgehead atoms. The number of para-hydroxylation sites is 1. The Morgan fingerprint density at radius 1 is 0.556 bits per heavy atom. The van der Waals surface area contributed by atoms with Crippen molar-refractivity contribution in [3.8, 4) is 27.9 Å². The normalized spacial score (nSPS) is 17.3. The SMILES string of the molecule is CC(C)(C)c1ccc(N2B3c4sc5ccc(C(C)(C)C)cc5c4-n4c5ccc(C(C)(C)C)cc5c5c6oc7ccccc7c6c(c3c54)-c3cc4c(cc32)-c2cc3c(cc2C4(C)C)C(C)(C)CCC3(C)C)cc1. The Kier molecular flexibility index (Phi) is 8.54. The maximum atomic E-state index is 7.39. The van der Waals surface area contributed by atoms with Crippen LogP contribution in [0.3, 0.4) is 0 Å². The van der Waals surface area contributed by atoms with Gasteiger partial charge in [-0.3, -0.25) is 0 Å². The lowest BCUT2D eigenvalue weighted by atomic mass is 9.46. The minimum absolute atomic E-state index is 0.0157. The Morgan fingerprint density at radius 2 is 1.14 bits per heavy atom. The van der Waals surface area contributed by atoms with Gasteiger partial charge in [-0.15, -0.1) is 11.3 Å². The van der Waals surface area contributed by atoms with Crippen LogP contribution in [-0.4, -0.2) is 11.4 Å². The molecule has 7 aromatic carbocycles. The summed E-state index contributed by atoms with van der Waals surface area (Å²) < 4.78 is 12.8. The Labute approximate surface area is 430 Å². The zero-order chi connectivity index (χ0) is 50.3. The molecule has 0 N–H and O–H groups in total. The molecule has 0 fully saturated rings. The first kappa shape index (κ1) is 44.6. The van der Waals surface area contributed by atoms with E-state index in [2.05, 4.69) is 222 Å². The van der Waals surface area contributed by atoms with Gasteiger partial charge in [0.2, 0.25) is 0 Å². The van der Waals surface area contributed by atoms with E-state index in [1.165, 1.54) is 144 Å². The molecule has 0 saturated carbocycles. The first-order chi connectivity index (χ1) is 33.8. The summed E-state index contributed by atoms with van der Waals surface area (Å²) in [6.07, 6.45) is 2.39. The maximum Gasteiger partial charge on any atom is 0.343 e. The molecule has 5 heteroatoms. The van der Waals surface area contributed by atoms with Crippen molar-refractivity contribution in [3.05, 3.63) is 148 Å². The van der Waals surface area contributed by atoms with Gasteiger partial charge in [0, 0.05) is 53.4 Å². The molecule has 3 aromatic heterocycles. The molecule has 10 aromatic rings. The van der Waals surface area contributed by atoms with Crippen molar-refractivity contribution in [2.24, 2.45) is 0 Å². The average molecular weight is 959 g/mol. The number of hydrogen-bond acceptors (Lipinski definition) is 3. The van der Waals surface area contributed by atoms with E-state index in [0.29, 0.717) is 0 Å². The summed E-state index contributed by atoms with van der Waals surface area (Å²) in [6, 6.07) is 43.6. The molecule has 3 nitrogen and oxygen atoms in total. The molecule has 0 spiro atoms. The predicted molar refractivity (Wildman–Crippen MR) is 311 cm³/mol. The summed E-state index contributed by atoms with van der Waals surface area (Å²) >= 11 is 2.00. The van der Waals surface area contributed by atoms with Gasteiger partial charge in [0.1, 0.15) is 11.2 Å². The highest BCUT2D eigenvalue weighted by Gasteiger charge is 2.50. The van der Waals surface area contributed by atoms with Crippen LogP contribution < -0.4 is 15.1 Å². The van der Waals surface area contributed by atoms with Crippen LogP contribution in [0.4, 0.5) is 11.4 Å². The molecule has 360 valence electrons. The molecule has 0 unspecified atom stereocenters. The van der Waals surface area contributed by atoms with Crippen LogP contribution in [0.2, 0.25) is 0 Å². The van der Waals surface area contributed by atoms with Crippen LogP contribution in [-0.2, 0) is 32.5 Å². The summed E-state index contributed by atoms with van der Waals surface area (Å²) in [5.74, 6) is 0. The van der Waals surface area contributed by atoms with Gasteiger partial charge in [0.15, 0.2) is 0 Å². The molecular weight excluding hydrogens is 892 g/mol. The van der Waals surface area contributed by atoms with Crippen LogP contribution in [0, 0.1) is 0 Å². The average Bonchev–Trinajstić information content (AvgIpc) is 4.05. The van der Waals surface area contributed by atoms with Crippen LogP contribution in [0.15, 0.2) is 114 Å². The third kappa shape index (κ3) is 5.75. The fourth-order valence-corrected chi connectivity index (χ4v) is 15.2. The molecule has 0 atom stereocenters. The molecular formula is C67H67BN2OS. The highest BCUT2D eigenvalue weighted by molar-refractivity contribution is 7.32. The Balaban J connectivity index is 1.20. The van der Waals surface area contributed by atoms with Gasteiger partial charge in [-0.1, -0.05) is 152 Å². The van der Waals surface area contributed by atoms with Crippen molar-refractivity contribution in [3.63, 3.8) is 0 Å². The Hall–Kier alpha value is -6.04. The molecule has 0 radical (unpaired) electrons. The third-order valence-corrected chi connectivity index (χ3v) is 19.5. The molecule has 14 rings (SSSR count). The minimum Gasteiger partial charge on any atom is -0.455 e. The predicted octanol–water partition coefficient (Wildman–Crippen LogP) is 17.7. The number of aromatic nitrogens is 1. The lowest BCUT2D eigenvalue weighted by molar-refractivity contribution is 0.331. The smallest absolute Gasteiger partial charge is 0.343 e. The number of fused-ring (bicyclic) bond motifs is 19. The Morgan fingerprint density at radius 3 is 1.82 bits per heavy atom. The zero-order valence-electron chi connectivity index (χ0n) is 45.1. The van der Waals surface area contributed by atoms with Gasteiger partial charge in [0.05, 0.1) is 22.1 Å². The van der Waals surface area contributed by atoms with E-state index in [9.17, 15) is 0 Å². The van der Waals surface area contributed by atoms with E-state index in [0.717, 1.165) is 11.2 Å². The monoisotopic (exact) mass is 959 g/mol. The second-order valence-electron chi connectivity index (χ2n) is 27.2. The van der Waals surface area contributed by atoms with Crippen LogP contribution in [0.1, 0.15) is 156 Å². The molecule has 4 aliphatic rings. The summed E-state index contributed by atoms with van der Waals surface area (Å²) in [6.45, 7) is 35.8. The van der Waals surface area contributed by atoms with Crippen LogP contribution >= 0.6 is 11.3 Å². The summed E-state index contributed by atoms with van der Waals surface area (Å²) in [7, 11) is 0. The van der Waals surface area contributed by atoms with Gasteiger partial charge in [-0.05, 0) is 162 Å². The standard InChI is InChI=1S/C67H67BN2OS/c1-62(2,3)36-20-24-39(25-21-36)70-51-34-42-41-32-48-49(66(12,13)29-28-65(48,10)11)35-47(41)67(14,15)46(42)33-44(51)54-55-40-18-16-17-19-52(40)71-60(55)56-43-30-37(63(4,5)6)22-26-50(43)69-58-45-31-38(64(7,8)9)23-27-53(45)72-61(58)68(70)57(54)59(56)69/h16-27,30-35H,28-29H2,1-15H3. The van der Waals surface area contributed by atoms with Crippen molar-refractivity contribution in [2.45, 2.75) is 149 Å². The second-order valence-corrected chi connectivity index (χ2v) is 28.3. The summed E-state index contributed by atoms with van der Waals surface area (Å²) in [4.78, 5) is 2.77. The van der Waals surface area contributed by atoms with Gasteiger partial charge in [0.25, 0.3) is 0 Å². The lowest BCUT2D eigenvalue weighted by Crippen LogP contribution is -2.59. The number of rotatable bonds is 1. The highest BCUT2D eigenvalue weighted by atomic mass is 32.1. The Bertz CT molecular complexity index is 4070. The number of hydrogen-bond donors (Lipinski definition) is 0. The van der Waals surface area contributed by atoms with Crippen molar-refractivity contribution in [1.82, 2.24) is 4.57 Å². The molecule has 5 heterocycles. The minimum atomic E-state index is -0.219. The molecule has 2 aliphatic carbocycles. The molecule has 0 saturated heterocycles. The molecule has 0 amide bonds. The van der Waals surface area contributed by atoms with Gasteiger partial charge >= 0.3 is 6.85 Å². The van der Waals surface area contributed by atoms with E-state index in [1.54, 1.807) is 0 Å². The quantitative estimate of drug-likeness (QED) is 0.153. The topological polar surface area (TPSA) is 21.3 Å².